The van der Waals surface area contributed by atoms with E-state index in [1.54, 1.807) is 10.6 Å². The van der Waals surface area contributed by atoms with Crippen molar-refractivity contribution >= 4 is 28.4 Å². The number of para-hydroxylation sites is 2. The smallest absolute Gasteiger partial charge is 0.266 e. The van der Waals surface area contributed by atoms with Gasteiger partial charge in [0.1, 0.15) is 17.2 Å². The SMILES string of the molecule is O=C1[C@H]2[C@H]3CCCN3[C@]3(c4ccccc4-n4c3nc3ccccc3c4=O)[C@H]2C(=O)N1c1ccc(F)cc1. The summed E-state index contributed by atoms with van der Waals surface area (Å²) in [5, 5.41) is 0.507. The van der Waals surface area contributed by atoms with Crippen molar-refractivity contribution in [3.63, 3.8) is 0 Å². The predicted molar refractivity (Wildman–Crippen MR) is 134 cm³/mol. The number of aromatic nitrogens is 2. The molecule has 1 aromatic heterocycles. The molecule has 8 heteroatoms. The van der Waals surface area contributed by atoms with Gasteiger partial charge in [-0.05, 0) is 61.9 Å². The van der Waals surface area contributed by atoms with Crippen molar-refractivity contribution < 1.29 is 14.0 Å². The van der Waals surface area contributed by atoms with E-state index in [0.717, 1.165) is 18.4 Å². The fraction of sp³-hybridized carbons (Fsp3) is 0.241. The summed E-state index contributed by atoms with van der Waals surface area (Å²) in [5.41, 5.74) is 1.23. The van der Waals surface area contributed by atoms with Crippen molar-refractivity contribution in [2.24, 2.45) is 11.8 Å². The summed E-state index contributed by atoms with van der Waals surface area (Å²) in [6.45, 7) is 0.700. The zero-order valence-electron chi connectivity index (χ0n) is 19.7. The second-order valence-electron chi connectivity index (χ2n) is 10.3. The summed E-state index contributed by atoms with van der Waals surface area (Å²) in [6.07, 6.45) is 1.66. The number of halogens is 1. The van der Waals surface area contributed by atoms with Gasteiger partial charge in [-0.3, -0.25) is 23.9 Å². The first-order valence-electron chi connectivity index (χ1n) is 12.6. The van der Waals surface area contributed by atoms with Crippen LogP contribution in [0.1, 0.15) is 24.2 Å². The Bertz CT molecular complexity index is 1730. The van der Waals surface area contributed by atoms with Crippen LogP contribution >= 0.6 is 0 Å². The molecule has 3 aromatic carbocycles. The normalized spacial score (nSPS) is 27.7. The van der Waals surface area contributed by atoms with Gasteiger partial charge in [0, 0.05) is 11.6 Å². The number of fused-ring (bicyclic) bond motifs is 11. The molecule has 3 saturated heterocycles. The number of carbonyl (C=O) groups is 2. The minimum absolute atomic E-state index is 0.158. The van der Waals surface area contributed by atoms with Gasteiger partial charge in [0.15, 0.2) is 0 Å². The maximum Gasteiger partial charge on any atom is 0.266 e. The Morgan fingerprint density at radius 3 is 2.49 bits per heavy atom. The topological polar surface area (TPSA) is 75.5 Å². The molecular formula is C29H21FN4O3. The molecule has 182 valence electrons. The zero-order valence-corrected chi connectivity index (χ0v) is 19.7. The van der Waals surface area contributed by atoms with Crippen LogP contribution in [0.15, 0.2) is 77.6 Å². The second kappa shape index (κ2) is 6.98. The summed E-state index contributed by atoms with van der Waals surface area (Å²) < 4.78 is 15.3. The minimum Gasteiger partial charge on any atom is -0.283 e. The van der Waals surface area contributed by atoms with E-state index in [1.807, 2.05) is 42.5 Å². The number of amides is 2. The largest absolute Gasteiger partial charge is 0.283 e. The Morgan fingerprint density at radius 2 is 1.65 bits per heavy atom. The quantitative estimate of drug-likeness (QED) is 0.381. The van der Waals surface area contributed by atoms with Crippen molar-refractivity contribution in [3.8, 4) is 5.69 Å². The fourth-order valence-corrected chi connectivity index (χ4v) is 7.46. The molecule has 8 rings (SSSR count). The lowest BCUT2D eigenvalue weighted by Crippen LogP contribution is -2.51. The first-order chi connectivity index (χ1) is 18.0. The molecule has 0 unspecified atom stereocenters. The highest BCUT2D eigenvalue weighted by Crippen LogP contribution is 2.62. The molecule has 4 aliphatic rings. The molecule has 37 heavy (non-hydrogen) atoms. The maximum atomic E-state index is 14.3. The molecule has 0 radical (unpaired) electrons. The second-order valence-corrected chi connectivity index (χ2v) is 10.3. The van der Waals surface area contributed by atoms with Gasteiger partial charge in [-0.1, -0.05) is 30.3 Å². The predicted octanol–water partition coefficient (Wildman–Crippen LogP) is 3.37. The van der Waals surface area contributed by atoms with Gasteiger partial charge in [-0.15, -0.1) is 0 Å². The van der Waals surface area contributed by atoms with E-state index in [1.165, 1.54) is 29.2 Å². The third kappa shape index (κ3) is 2.35. The molecular weight excluding hydrogens is 471 g/mol. The van der Waals surface area contributed by atoms with E-state index in [9.17, 15) is 18.8 Å². The summed E-state index contributed by atoms with van der Waals surface area (Å²) in [5.74, 6) is -1.87. The lowest BCUT2D eigenvalue weighted by molar-refractivity contribution is -0.124. The van der Waals surface area contributed by atoms with Crippen molar-refractivity contribution in [2.75, 3.05) is 11.4 Å². The summed E-state index contributed by atoms with van der Waals surface area (Å²) in [6, 6.07) is 20.2. The first kappa shape index (κ1) is 21.0. The monoisotopic (exact) mass is 492 g/mol. The molecule has 2 amide bonds. The number of nitrogens with zero attached hydrogens (tertiary/aromatic N) is 4. The minimum atomic E-state index is -1.05. The van der Waals surface area contributed by atoms with Crippen molar-refractivity contribution in [1.82, 2.24) is 14.5 Å². The fourth-order valence-electron chi connectivity index (χ4n) is 7.46. The Balaban J connectivity index is 1.45. The summed E-state index contributed by atoms with van der Waals surface area (Å²) in [4.78, 5) is 50.7. The van der Waals surface area contributed by atoms with E-state index in [2.05, 4.69) is 4.90 Å². The van der Waals surface area contributed by atoms with Crippen LogP contribution in [0.25, 0.3) is 16.6 Å². The molecule has 0 aliphatic carbocycles. The zero-order chi connectivity index (χ0) is 25.1. The van der Waals surface area contributed by atoms with Gasteiger partial charge < -0.3 is 0 Å². The number of hydrogen-bond donors (Lipinski definition) is 0. The van der Waals surface area contributed by atoms with E-state index in [0.29, 0.717) is 34.6 Å². The van der Waals surface area contributed by atoms with Crippen LogP contribution in [-0.4, -0.2) is 38.9 Å². The number of benzene rings is 3. The van der Waals surface area contributed by atoms with Gasteiger partial charge in [0.05, 0.1) is 34.1 Å². The summed E-state index contributed by atoms with van der Waals surface area (Å²) >= 11 is 0. The van der Waals surface area contributed by atoms with Crippen LogP contribution in [0.4, 0.5) is 10.1 Å². The molecule has 4 aliphatic heterocycles. The summed E-state index contributed by atoms with van der Waals surface area (Å²) in [7, 11) is 0. The maximum absolute atomic E-state index is 14.3. The highest BCUT2D eigenvalue weighted by Gasteiger charge is 2.73. The van der Waals surface area contributed by atoms with Crippen LogP contribution in [-0.2, 0) is 15.1 Å². The van der Waals surface area contributed by atoms with E-state index < -0.39 is 23.2 Å². The third-order valence-corrected chi connectivity index (χ3v) is 8.73. The average molecular weight is 493 g/mol. The number of hydrogen-bond acceptors (Lipinski definition) is 5. The van der Waals surface area contributed by atoms with Crippen molar-refractivity contribution in [3.05, 3.63) is 100 Å². The van der Waals surface area contributed by atoms with Gasteiger partial charge in [-0.25, -0.2) is 14.3 Å². The Labute approximate surface area is 210 Å². The van der Waals surface area contributed by atoms with Gasteiger partial charge >= 0.3 is 0 Å². The first-order valence-corrected chi connectivity index (χ1v) is 12.6. The van der Waals surface area contributed by atoms with E-state index in [4.69, 9.17) is 4.98 Å². The molecule has 1 spiro atoms. The van der Waals surface area contributed by atoms with Gasteiger partial charge in [0.2, 0.25) is 11.8 Å². The number of carbonyl (C=O) groups excluding carboxylic acids is 2. The lowest BCUT2D eigenvalue weighted by Gasteiger charge is -2.38. The molecule has 0 N–H and O–H groups in total. The highest BCUT2D eigenvalue weighted by atomic mass is 19.1. The molecule has 3 fully saturated rings. The molecule has 4 aromatic rings. The van der Waals surface area contributed by atoms with Gasteiger partial charge in [-0.2, -0.15) is 0 Å². The Kier molecular flexibility index (Phi) is 3.96. The van der Waals surface area contributed by atoms with Crippen LogP contribution in [0, 0.1) is 17.7 Å². The van der Waals surface area contributed by atoms with Crippen LogP contribution in [0.3, 0.4) is 0 Å². The molecule has 0 saturated carbocycles. The van der Waals surface area contributed by atoms with Gasteiger partial charge in [0.25, 0.3) is 5.56 Å². The number of imide groups is 1. The van der Waals surface area contributed by atoms with Crippen LogP contribution < -0.4 is 10.5 Å². The molecule has 5 heterocycles. The third-order valence-electron chi connectivity index (χ3n) is 8.73. The molecule has 0 bridgehead atoms. The van der Waals surface area contributed by atoms with E-state index in [-0.39, 0.29) is 23.4 Å². The van der Waals surface area contributed by atoms with E-state index >= 15 is 0 Å². The Morgan fingerprint density at radius 1 is 0.892 bits per heavy atom. The van der Waals surface area contributed by atoms with Crippen molar-refractivity contribution in [1.29, 1.82) is 0 Å². The molecule has 4 atom stereocenters. The number of anilines is 1. The van der Waals surface area contributed by atoms with Crippen LogP contribution in [0.5, 0.6) is 0 Å². The van der Waals surface area contributed by atoms with Crippen molar-refractivity contribution in [2.45, 2.75) is 24.4 Å². The molecule has 7 nitrogen and oxygen atoms in total. The highest BCUT2D eigenvalue weighted by molar-refractivity contribution is 6.23. The van der Waals surface area contributed by atoms with Crippen LogP contribution in [0.2, 0.25) is 0 Å². The lowest BCUT2D eigenvalue weighted by atomic mass is 9.75. The number of rotatable bonds is 1. The average Bonchev–Trinajstić information content (AvgIpc) is 3.62. The standard InChI is InChI=1S/C29H21FN4O3/c30-16-11-13-17(14-12-16)33-26(36)23-22-10-5-15-32(22)29(24(23)27(33)37)19-7-2-4-9-21(19)34-25(35)18-6-1-3-8-20(18)31-28(29)34/h1-4,6-9,11-14,22-24H,5,10,15H2/t22-,23+,24-,29-/m1/s1. The Hall–Kier alpha value is -4.17.